The van der Waals surface area contributed by atoms with E-state index in [1.54, 1.807) is 30.0 Å². The highest BCUT2D eigenvalue weighted by Gasteiger charge is 2.24. The molecule has 0 radical (unpaired) electrons. The van der Waals surface area contributed by atoms with Gasteiger partial charge in [-0.2, -0.15) is 0 Å². The van der Waals surface area contributed by atoms with E-state index in [9.17, 15) is 5.11 Å². The molecule has 17 heavy (non-hydrogen) atoms. The van der Waals surface area contributed by atoms with Crippen LogP contribution in [0.3, 0.4) is 0 Å². The van der Waals surface area contributed by atoms with Crippen LogP contribution in [-0.2, 0) is 0 Å². The van der Waals surface area contributed by atoms with Crippen LogP contribution in [-0.4, -0.2) is 5.11 Å². The Balaban J connectivity index is 1.96. The minimum atomic E-state index is 0.0195. The lowest BCUT2D eigenvalue weighted by Crippen LogP contribution is -2.01. The molecular weight excluding hydrogens is 254 g/mol. The highest BCUT2D eigenvalue weighted by molar-refractivity contribution is 8.00. The lowest BCUT2D eigenvalue weighted by atomic mass is 10.2. The molecule has 4 heteroatoms. The molecule has 0 saturated carbocycles. The van der Waals surface area contributed by atoms with Gasteiger partial charge >= 0.3 is 0 Å². The molecule has 0 bridgehead atoms. The second-order valence-corrected chi connectivity index (χ2v) is 5.42. The molecule has 3 rings (SSSR count). The Morgan fingerprint density at radius 3 is 2.82 bits per heavy atom. The summed E-state index contributed by atoms with van der Waals surface area (Å²) in [5, 5.41) is 13.9. The molecule has 1 heterocycles. The first-order valence-electron chi connectivity index (χ1n) is 5.25. The summed E-state index contributed by atoms with van der Waals surface area (Å²) in [6.07, 6.45) is 0. The summed E-state index contributed by atoms with van der Waals surface area (Å²) in [4.78, 5) is 1.19. The number of aromatic hydroxyl groups is 1. The van der Waals surface area contributed by atoms with Crippen LogP contribution in [0.15, 0.2) is 47.4 Å². The number of hydrogen-bond donors (Lipinski definition) is 2. The van der Waals surface area contributed by atoms with Gasteiger partial charge in [0, 0.05) is 21.2 Å². The second-order valence-electron chi connectivity index (χ2n) is 3.84. The van der Waals surface area contributed by atoms with Gasteiger partial charge in [-0.25, -0.2) is 0 Å². The molecule has 1 atom stereocenters. The smallest absolute Gasteiger partial charge is 0.121 e. The molecule has 0 fully saturated rings. The summed E-state index contributed by atoms with van der Waals surface area (Å²) in [6, 6.07) is 13.2. The van der Waals surface area contributed by atoms with E-state index < -0.39 is 0 Å². The molecule has 0 saturated heterocycles. The molecule has 0 aromatic heterocycles. The van der Waals surface area contributed by atoms with Crippen LogP contribution in [0.1, 0.15) is 10.9 Å². The van der Waals surface area contributed by atoms with E-state index in [2.05, 4.69) is 11.4 Å². The Morgan fingerprint density at radius 1 is 1.18 bits per heavy atom. The number of phenolic OH excluding ortho intramolecular Hbond substituents is 1. The molecule has 0 unspecified atom stereocenters. The van der Waals surface area contributed by atoms with Gasteiger partial charge in [-0.1, -0.05) is 35.5 Å². The van der Waals surface area contributed by atoms with Crippen molar-refractivity contribution in [2.45, 2.75) is 10.3 Å². The summed E-state index contributed by atoms with van der Waals surface area (Å²) < 4.78 is 0. The average Bonchev–Trinajstić information content (AvgIpc) is 2.75. The number of hydrogen-bond acceptors (Lipinski definition) is 3. The number of para-hydroxylation sites is 1. The number of halogens is 1. The number of anilines is 1. The first-order valence-corrected chi connectivity index (χ1v) is 6.50. The summed E-state index contributed by atoms with van der Waals surface area (Å²) in [5.74, 6) is 0.271. The molecule has 2 nitrogen and oxygen atoms in total. The first kappa shape index (κ1) is 10.8. The van der Waals surface area contributed by atoms with Gasteiger partial charge < -0.3 is 10.4 Å². The van der Waals surface area contributed by atoms with Crippen molar-refractivity contribution >= 4 is 29.1 Å². The van der Waals surface area contributed by atoms with Crippen LogP contribution in [0.2, 0.25) is 5.02 Å². The van der Waals surface area contributed by atoms with E-state index in [1.165, 1.54) is 4.90 Å². The zero-order valence-corrected chi connectivity index (χ0v) is 10.4. The number of thioether (sulfide) groups is 1. The Morgan fingerprint density at radius 2 is 2.00 bits per heavy atom. The lowest BCUT2D eigenvalue weighted by Gasteiger charge is -2.12. The molecule has 1 aliphatic rings. The second kappa shape index (κ2) is 4.17. The summed E-state index contributed by atoms with van der Waals surface area (Å²) >= 11 is 7.64. The van der Waals surface area contributed by atoms with Gasteiger partial charge in [0.15, 0.2) is 0 Å². The van der Waals surface area contributed by atoms with E-state index in [0.717, 1.165) is 11.3 Å². The topological polar surface area (TPSA) is 32.3 Å². The molecule has 0 amide bonds. The highest BCUT2D eigenvalue weighted by atomic mass is 35.5. The Bertz CT molecular complexity index is 548. The Hall–Kier alpha value is -1.32. The van der Waals surface area contributed by atoms with Crippen molar-refractivity contribution in [1.29, 1.82) is 0 Å². The van der Waals surface area contributed by atoms with Crippen LogP contribution in [0.5, 0.6) is 5.75 Å². The Labute approximate surface area is 109 Å². The fourth-order valence-electron chi connectivity index (χ4n) is 1.86. The zero-order chi connectivity index (χ0) is 11.8. The number of fused-ring (bicyclic) bond motifs is 1. The standard InChI is InChI=1S/C13H10ClNOS/c14-8-5-6-11(16)9(7-8)13-15-10-3-1-2-4-12(10)17-13/h1-7,13,15-16H/t13-/m0/s1. The predicted octanol–water partition coefficient (Wildman–Crippen LogP) is 4.26. The molecule has 1 aliphatic heterocycles. The summed E-state index contributed by atoms with van der Waals surface area (Å²) in [5.41, 5.74) is 1.92. The van der Waals surface area contributed by atoms with Crippen LogP contribution in [0.25, 0.3) is 0 Å². The predicted molar refractivity (Wildman–Crippen MR) is 71.8 cm³/mol. The fourth-order valence-corrected chi connectivity index (χ4v) is 3.21. The van der Waals surface area contributed by atoms with Crippen molar-refractivity contribution in [3.8, 4) is 5.75 Å². The van der Waals surface area contributed by atoms with E-state index >= 15 is 0 Å². The number of benzene rings is 2. The molecule has 2 N–H and O–H groups in total. The number of rotatable bonds is 1. The van der Waals surface area contributed by atoms with Crippen molar-refractivity contribution < 1.29 is 5.11 Å². The third-order valence-electron chi connectivity index (χ3n) is 2.69. The summed E-state index contributed by atoms with van der Waals surface area (Å²) in [6.45, 7) is 0. The number of phenols is 1. The monoisotopic (exact) mass is 263 g/mol. The average molecular weight is 264 g/mol. The molecule has 86 valence electrons. The van der Waals surface area contributed by atoms with Crippen molar-refractivity contribution in [1.82, 2.24) is 0 Å². The van der Waals surface area contributed by atoms with Gasteiger partial charge in [0.05, 0.1) is 0 Å². The van der Waals surface area contributed by atoms with Gasteiger partial charge in [0.1, 0.15) is 11.1 Å². The van der Waals surface area contributed by atoms with Gasteiger partial charge in [-0.3, -0.25) is 0 Å². The van der Waals surface area contributed by atoms with E-state index in [1.807, 2.05) is 18.2 Å². The fraction of sp³-hybridized carbons (Fsp3) is 0.0769. The molecule has 2 aromatic rings. The largest absolute Gasteiger partial charge is 0.508 e. The van der Waals surface area contributed by atoms with Crippen LogP contribution in [0, 0.1) is 0 Å². The Kier molecular flexibility index (Phi) is 2.65. The van der Waals surface area contributed by atoms with Gasteiger partial charge in [0.25, 0.3) is 0 Å². The maximum atomic E-state index is 9.86. The SMILES string of the molecule is Oc1ccc(Cl)cc1[C@H]1Nc2ccccc2S1. The quantitative estimate of drug-likeness (QED) is 0.806. The molecular formula is C13H10ClNOS. The molecule has 0 spiro atoms. The molecule has 2 aromatic carbocycles. The summed E-state index contributed by atoms with van der Waals surface area (Å²) in [7, 11) is 0. The third-order valence-corrected chi connectivity index (χ3v) is 4.14. The van der Waals surface area contributed by atoms with Gasteiger partial charge in [-0.15, -0.1) is 0 Å². The van der Waals surface area contributed by atoms with Gasteiger partial charge in [0.2, 0.25) is 0 Å². The van der Waals surface area contributed by atoms with E-state index in [4.69, 9.17) is 11.6 Å². The number of nitrogens with one attached hydrogen (secondary N) is 1. The van der Waals surface area contributed by atoms with Crippen LogP contribution >= 0.6 is 23.4 Å². The van der Waals surface area contributed by atoms with Crippen LogP contribution in [0.4, 0.5) is 5.69 Å². The van der Waals surface area contributed by atoms with Crippen molar-refractivity contribution in [3.63, 3.8) is 0 Å². The minimum absolute atomic E-state index is 0.0195. The normalized spacial score (nSPS) is 17.6. The van der Waals surface area contributed by atoms with Crippen molar-refractivity contribution in [3.05, 3.63) is 53.1 Å². The third kappa shape index (κ3) is 1.96. The van der Waals surface area contributed by atoms with Gasteiger partial charge in [-0.05, 0) is 30.3 Å². The van der Waals surface area contributed by atoms with E-state index in [0.29, 0.717) is 5.02 Å². The highest BCUT2D eigenvalue weighted by Crippen LogP contribution is 2.48. The minimum Gasteiger partial charge on any atom is -0.508 e. The maximum absolute atomic E-state index is 9.86. The maximum Gasteiger partial charge on any atom is 0.121 e. The van der Waals surface area contributed by atoms with Crippen molar-refractivity contribution in [2.24, 2.45) is 0 Å². The molecule has 0 aliphatic carbocycles. The van der Waals surface area contributed by atoms with Crippen LogP contribution < -0.4 is 5.32 Å². The zero-order valence-electron chi connectivity index (χ0n) is 8.85. The van der Waals surface area contributed by atoms with Crippen molar-refractivity contribution in [2.75, 3.05) is 5.32 Å². The lowest BCUT2D eigenvalue weighted by molar-refractivity contribution is 0.469. The first-order chi connectivity index (χ1) is 8.24. The van der Waals surface area contributed by atoms with E-state index in [-0.39, 0.29) is 11.1 Å².